The molecule has 80 valence electrons. The molecular weight excluding hydrogens is 184 g/mol. The molecule has 0 aliphatic carbocycles. The van der Waals surface area contributed by atoms with Crippen LogP contribution in [0, 0.1) is 5.92 Å². The van der Waals surface area contributed by atoms with Crippen molar-refractivity contribution in [2.75, 3.05) is 20.3 Å². The van der Waals surface area contributed by atoms with Gasteiger partial charge in [-0.2, -0.15) is 0 Å². The maximum absolute atomic E-state index is 11.3. The molecule has 0 spiro atoms. The number of nitrogens with one attached hydrogen (secondary N) is 1. The van der Waals surface area contributed by atoms with Gasteiger partial charge in [0.25, 0.3) is 0 Å². The van der Waals surface area contributed by atoms with Crippen LogP contribution in [0.25, 0.3) is 0 Å². The molecule has 1 rings (SSSR count). The lowest BCUT2D eigenvalue weighted by Crippen LogP contribution is -2.36. The lowest BCUT2D eigenvalue weighted by atomic mass is 9.97. The van der Waals surface area contributed by atoms with Crippen LogP contribution in [0.3, 0.4) is 0 Å². The first-order chi connectivity index (χ1) is 6.65. The topological polar surface area (TPSA) is 81.4 Å². The summed E-state index contributed by atoms with van der Waals surface area (Å²) >= 11 is 0. The van der Waals surface area contributed by atoms with E-state index < -0.39 is 6.04 Å². The second kappa shape index (κ2) is 5.07. The monoisotopic (exact) mass is 200 g/mol. The van der Waals surface area contributed by atoms with Crippen molar-refractivity contribution in [3.05, 3.63) is 0 Å². The van der Waals surface area contributed by atoms with Crippen molar-refractivity contribution < 1.29 is 14.3 Å². The van der Waals surface area contributed by atoms with Crippen LogP contribution in [-0.2, 0) is 14.3 Å². The summed E-state index contributed by atoms with van der Waals surface area (Å²) in [5.74, 6) is -0.247. The molecule has 0 bridgehead atoms. The Balaban J connectivity index is 2.35. The minimum atomic E-state index is -0.580. The molecule has 5 nitrogen and oxygen atoms in total. The Morgan fingerprint density at radius 2 is 2.50 bits per heavy atom. The van der Waals surface area contributed by atoms with Gasteiger partial charge in [0.05, 0.1) is 6.04 Å². The fraction of sp³-hybridized carbons (Fsp3) is 0.778. The van der Waals surface area contributed by atoms with E-state index >= 15 is 0 Å². The number of rotatable bonds is 5. The smallest absolute Gasteiger partial charge is 0.223 e. The number of ketones is 1. The lowest BCUT2D eigenvalue weighted by molar-refractivity contribution is -0.125. The number of Topliss-reactive ketones (excluding diaryl/α,β-unsaturated/α-hetero) is 1. The number of methoxy groups -OCH3 is 1. The van der Waals surface area contributed by atoms with E-state index in [0.717, 1.165) is 6.42 Å². The van der Waals surface area contributed by atoms with E-state index in [0.29, 0.717) is 13.0 Å². The van der Waals surface area contributed by atoms with Crippen molar-refractivity contribution in [1.82, 2.24) is 5.32 Å². The van der Waals surface area contributed by atoms with Crippen molar-refractivity contribution in [3.8, 4) is 0 Å². The van der Waals surface area contributed by atoms with Gasteiger partial charge >= 0.3 is 0 Å². The Labute approximate surface area is 83.0 Å². The summed E-state index contributed by atoms with van der Waals surface area (Å²) in [5.41, 5.74) is 5.64. The van der Waals surface area contributed by atoms with Gasteiger partial charge in [-0.3, -0.25) is 9.59 Å². The summed E-state index contributed by atoms with van der Waals surface area (Å²) < 4.78 is 4.69. The van der Waals surface area contributed by atoms with Crippen LogP contribution >= 0.6 is 0 Å². The van der Waals surface area contributed by atoms with Gasteiger partial charge in [-0.1, -0.05) is 0 Å². The van der Waals surface area contributed by atoms with Crippen LogP contribution in [0.5, 0.6) is 0 Å². The average Bonchev–Trinajstić information content (AvgIpc) is 2.52. The van der Waals surface area contributed by atoms with Crippen LogP contribution < -0.4 is 11.1 Å². The summed E-state index contributed by atoms with van der Waals surface area (Å²) in [6.07, 6.45) is 1.20. The van der Waals surface area contributed by atoms with Crippen LogP contribution in [0.1, 0.15) is 12.8 Å². The summed E-state index contributed by atoms with van der Waals surface area (Å²) in [7, 11) is 1.45. The molecule has 1 unspecified atom stereocenters. The predicted molar refractivity (Wildman–Crippen MR) is 50.6 cm³/mol. The first-order valence-electron chi connectivity index (χ1n) is 4.70. The summed E-state index contributed by atoms with van der Waals surface area (Å²) in [6.45, 7) is 0.712. The summed E-state index contributed by atoms with van der Waals surface area (Å²) in [4.78, 5) is 22.4. The Kier molecular flexibility index (Phi) is 4.03. The molecule has 2 atom stereocenters. The summed E-state index contributed by atoms with van der Waals surface area (Å²) in [5, 5.41) is 2.71. The highest BCUT2D eigenvalue weighted by atomic mass is 16.5. The molecule has 1 saturated heterocycles. The quantitative estimate of drug-likeness (QED) is 0.600. The Bertz CT molecular complexity index is 230. The first-order valence-corrected chi connectivity index (χ1v) is 4.70. The number of amides is 1. The van der Waals surface area contributed by atoms with Crippen LogP contribution in [0.2, 0.25) is 0 Å². The van der Waals surface area contributed by atoms with Gasteiger partial charge in [0.15, 0.2) is 5.78 Å². The molecule has 0 aromatic rings. The van der Waals surface area contributed by atoms with Crippen LogP contribution in [0.15, 0.2) is 0 Å². The molecule has 0 saturated carbocycles. The molecule has 0 radical (unpaired) electrons. The van der Waals surface area contributed by atoms with Crippen molar-refractivity contribution in [2.24, 2.45) is 11.7 Å². The molecule has 0 aromatic carbocycles. The third-order valence-electron chi connectivity index (χ3n) is 2.40. The fourth-order valence-corrected chi connectivity index (χ4v) is 1.56. The second-order valence-corrected chi connectivity index (χ2v) is 3.52. The molecule has 5 heteroatoms. The third-order valence-corrected chi connectivity index (χ3v) is 2.40. The molecular formula is C9H16N2O3. The third kappa shape index (κ3) is 2.78. The highest BCUT2D eigenvalue weighted by Crippen LogP contribution is 2.15. The van der Waals surface area contributed by atoms with Crippen molar-refractivity contribution in [2.45, 2.75) is 18.9 Å². The number of hydrogen-bond donors (Lipinski definition) is 2. The molecule has 1 amide bonds. The minimum Gasteiger partial charge on any atom is -0.377 e. The zero-order chi connectivity index (χ0) is 10.6. The highest BCUT2D eigenvalue weighted by Gasteiger charge is 2.28. The predicted octanol–water partition coefficient (Wildman–Crippen LogP) is -0.945. The standard InChI is InChI=1S/C9H16N2O3/c1-14-5-8(12)7(10)4-6-2-3-11-9(6)13/h6-7H,2-5,10H2,1H3,(H,11,13)/t6-,7?/m0/s1. The molecule has 3 N–H and O–H groups in total. The van der Waals surface area contributed by atoms with Gasteiger partial charge < -0.3 is 15.8 Å². The SMILES string of the molecule is COCC(=O)C(N)C[C@@H]1CCNC1=O. The maximum Gasteiger partial charge on any atom is 0.223 e. The Morgan fingerprint density at radius 1 is 1.79 bits per heavy atom. The highest BCUT2D eigenvalue weighted by molar-refractivity contribution is 5.86. The van der Waals surface area contributed by atoms with E-state index in [4.69, 9.17) is 5.73 Å². The number of nitrogens with two attached hydrogens (primary N) is 1. The lowest BCUT2D eigenvalue weighted by Gasteiger charge is -2.12. The Morgan fingerprint density at radius 3 is 3.00 bits per heavy atom. The van der Waals surface area contributed by atoms with E-state index in [1.807, 2.05) is 0 Å². The van der Waals surface area contributed by atoms with Gasteiger partial charge in [0.1, 0.15) is 6.61 Å². The second-order valence-electron chi connectivity index (χ2n) is 3.52. The number of hydrogen-bond acceptors (Lipinski definition) is 4. The molecule has 0 aromatic heterocycles. The van der Waals surface area contributed by atoms with E-state index in [1.54, 1.807) is 0 Å². The molecule has 1 aliphatic heterocycles. The van der Waals surface area contributed by atoms with Gasteiger partial charge in [0, 0.05) is 19.6 Å². The first kappa shape index (κ1) is 11.1. The zero-order valence-corrected chi connectivity index (χ0v) is 8.29. The van der Waals surface area contributed by atoms with Crippen molar-refractivity contribution in [1.29, 1.82) is 0 Å². The van der Waals surface area contributed by atoms with Crippen molar-refractivity contribution in [3.63, 3.8) is 0 Å². The molecule has 1 heterocycles. The number of ether oxygens (including phenoxy) is 1. The molecule has 14 heavy (non-hydrogen) atoms. The fourth-order valence-electron chi connectivity index (χ4n) is 1.56. The summed E-state index contributed by atoms with van der Waals surface area (Å²) in [6, 6.07) is -0.580. The Hall–Kier alpha value is -0.940. The average molecular weight is 200 g/mol. The van der Waals surface area contributed by atoms with Crippen LogP contribution in [0.4, 0.5) is 0 Å². The van der Waals surface area contributed by atoms with Gasteiger partial charge in [-0.25, -0.2) is 0 Å². The number of carbonyl (C=O) groups excluding carboxylic acids is 2. The maximum atomic E-state index is 11.3. The van der Waals surface area contributed by atoms with E-state index in [1.165, 1.54) is 7.11 Å². The van der Waals surface area contributed by atoms with Crippen LogP contribution in [-0.4, -0.2) is 38.0 Å². The molecule has 1 aliphatic rings. The molecule has 1 fully saturated rings. The normalized spacial score (nSPS) is 23.3. The largest absolute Gasteiger partial charge is 0.377 e. The van der Waals surface area contributed by atoms with Gasteiger partial charge in [0.2, 0.25) is 5.91 Å². The van der Waals surface area contributed by atoms with Crippen molar-refractivity contribution >= 4 is 11.7 Å². The zero-order valence-electron chi connectivity index (χ0n) is 8.29. The number of carbonyl (C=O) groups is 2. The van der Waals surface area contributed by atoms with E-state index in [-0.39, 0.29) is 24.2 Å². The van der Waals surface area contributed by atoms with Gasteiger partial charge in [-0.15, -0.1) is 0 Å². The van der Waals surface area contributed by atoms with E-state index in [9.17, 15) is 9.59 Å². The van der Waals surface area contributed by atoms with Gasteiger partial charge in [-0.05, 0) is 12.8 Å². The van der Waals surface area contributed by atoms with E-state index in [2.05, 4.69) is 10.1 Å². The minimum absolute atomic E-state index is 0.00525.